The van der Waals surface area contributed by atoms with Gasteiger partial charge in [0.1, 0.15) is 12.3 Å². The standard InChI is InChI=1S/C26H27N3O5S/c1-18-5-9-20(10-6-18)27-23(30)17-34-21-11-7-19(8-12-21)15-22-25(32)29(26(33)35-22)16-24(31)28-13-3-2-4-14-28/h5-12,15H,2-4,13-14,16-17H2,1H3,(H,27,30)/b22-15-. The summed E-state index contributed by atoms with van der Waals surface area (Å²) in [6, 6.07) is 14.3. The number of nitrogens with zero attached hydrogens (tertiary/aromatic N) is 2. The zero-order valence-corrected chi connectivity index (χ0v) is 20.3. The molecule has 2 fully saturated rings. The van der Waals surface area contributed by atoms with Crippen LogP contribution >= 0.6 is 11.8 Å². The van der Waals surface area contributed by atoms with Gasteiger partial charge in [0.05, 0.1) is 4.91 Å². The van der Waals surface area contributed by atoms with Crippen molar-refractivity contribution in [1.29, 1.82) is 0 Å². The summed E-state index contributed by atoms with van der Waals surface area (Å²) in [6.07, 6.45) is 4.61. The molecule has 9 heteroatoms. The number of rotatable bonds is 7. The molecule has 2 aromatic carbocycles. The van der Waals surface area contributed by atoms with E-state index in [0.717, 1.165) is 41.5 Å². The number of anilines is 1. The van der Waals surface area contributed by atoms with Crippen LogP contribution in [0.4, 0.5) is 10.5 Å². The van der Waals surface area contributed by atoms with Crippen molar-refractivity contribution in [2.24, 2.45) is 0 Å². The number of hydrogen-bond donors (Lipinski definition) is 1. The highest BCUT2D eigenvalue weighted by atomic mass is 32.2. The van der Waals surface area contributed by atoms with Gasteiger partial charge in [-0.3, -0.25) is 24.1 Å². The number of likely N-dealkylation sites (tertiary alicyclic amines) is 1. The number of carbonyl (C=O) groups excluding carboxylic acids is 4. The van der Waals surface area contributed by atoms with E-state index in [1.54, 1.807) is 35.2 Å². The van der Waals surface area contributed by atoms with Gasteiger partial charge in [0.2, 0.25) is 5.91 Å². The Hall–Kier alpha value is -3.59. The van der Waals surface area contributed by atoms with Crippen LogP contribution in [-0.4, -0.2) is 59.0 Å². The SMILES string of the molecule is Cc1ccc(NC(=O)COc2ccc(/C=C3\SC(=O)N(CC(=O)N4CCCCC4)C3=O)cc2)cc1. The van der Waals surface area contributed by atoms with E-state index in [0.29, 0.717) is 30.1 Å². The van der Waals surface area contributed by atoms with E-state index in [-0.39, 0.29) is 29.9 Å². The van der Waals surface area contributed by atoms with Gasteiger partial charge in [-0.05, 0) is 73.9 Å². The predicted octanol–water partition coefficient (Wildman–Crippen LogP) is 4.06. The Kier molecular flexibility index (Phi) is 7.87. The minimum Gasteiger partial charge on any atom is -0.484 e. The van der Waals surface area contributed by atoms with E-state index in [9.17, 15) is 19.2 Å². The van der Waals surface area contributed by atoms with Crippen molar-refractivity contribution in [2.75, 3.05) is 31.6 Å². The van der Waals surface area contributed by atoms with Gasteiger partial charge in [0.25, 0.3) is 17.1 Å². The molecule has 0 saturated carbocycles. The van der Waals surface area contributed by atoms with E-state index in [1.165, 1.54) is 0 Å². The fourth-order valence-corrected chi connectivity index (χ4v) is 4.65. The van der Waals surface area contributed by atoms with Gasteiger partial charge >= 0.3 is 0 Å². The lowest BCUT2D eigenvalue weighted by molar-refractivity contribution is -0.136. The zero-order chi connectivity index (χ0) is 24.8. The van der Waals surface area contributed by atoms with E-state index in [2.05, 4.69) is 5.32 Å². The zero-order valence-electron chi connectivity index (χ0n) is 19.5. The van der Waals surface area contributed by atoms with Crippen LogP contribution in [0.1, 0.15) is 30.4 Å². The van der Waals surface area contributed by atoms with Gasteiger partial charge in [0.15, 0.2) is 6.61 Å². The number of thioether (sulfide) groups is 1. The average molecular weight is 494 g/mol. The number of hydrogen-bond acceptors (Lipinski definition) is 6. The number of benzene rings is 2. The highest BCUT2D eigenvalue weighted by Gasteiger charge is 2.37. The first kappa shape index (κ1) is 24.5. The molecular weight excluding hydrogens is 466 g/mol. The van der Waals surface area contributed by atoms with Crippen molar-refractivity contribution >= 4 is 46.5 Å². The van der Waals surface area contributed by atoms with E-state index < -0.39 is 11.1 Å². The Morgan fingerprint density at radius 1 is 1.00 bits per heavy atom. The summed E-state index contributed by atoms with van der Waals surface area (Å²) in [5.74, 6) is -0.424. The number of ether oxygens (including phenoxy) is 1. The monoisotopic (exact) mass is 493 g/mol. The van der Waals surface area contributed by atoms with Gasteiger partial charge in [-0.1, -0.05) is 29.8 Å². The summed E-state index contributed by atoms with van der Waals surface area (Å²) in [5.41, 5.74) is 2.51. The normalized spacial score (nSPS) is 17.1. The summed E-state index contributed by atoms with van der Waals surface area (Å²) in [5, 5.41) is 2.33. The first-order chi connectivity index (χ1) is 16.9. The Morgan fingerprint density at radius 3 is 2.37 bits per heavy atom. The molecule has 0 spiro atoms. The molecule has 4 amide bonds. The Bertz CT molecular complexity index is 1140. The van der Waals surface area contributed by atoms with Crippen LogP contribution in [0.3, 0.4) is 0 Å². The molecule has 0 aromatic heterocycles. The maximum absolute atomic E-state index is 12.7. The molecule has 0 unspecified atom stereocenters. The number of imide groups is 1. The highest BCUT2D eigenvalue weighted by Crippen LogP contribution is 2.32. The number of amides is 4. The summed E-state index contributed by atoms with van der Waals surface area (Å²) < 4.78 is 5.54. The molecule has 2 aliphatic rings. The third-order valence-corrected chi connectivity index (χ3v) is 6.67. The molecule has 0 atom stereocenters. The average Bonchev–Trinajstić information content (AvgIpc) is 3.12. The molecule has 0 aliphatic carbocycles. The molecule has 2 saturated heterocycles. The Labute approximate surface area is 208 Å². The molecule has 182 valence electrons. The third kappa shape index (κ3) is 6.51. The molecule has 2 aliphatic heterocycles. The summed E-state index contributed by atoms with van der Waals surface area (Å²) in [7, 11) is 0. The number of piperidine rings is 1. The lowest BCUT2D eigenvalue weighted by Crippen LogP contribution is -2.44. The maximum Gasteiger partial charge on any atom is 0.294 e. The topological polar surface area (TPSA) is 96.0 Å². The third-order valence-electron chi connectivity index (χ3n) is 5.76. The molecular formula is C26H27N3O5S. The quantitative estimate of drug-likeness (QED) is 0.585. The Morgan fingerprint density at radius 2 is 1.69 bits per heavy atom. The van der Waals surface area contributed by atoms with Crippen LogP contribution in [0.15, 0.2) is 53.4 Å². The molecule has 8 nitrogen and oxygen atoms in total. The Balaban J connectivity index is 1.30. The summed E-state index contributed by atoms with van der Waals surface area (Å²) >= 11 is 0.829. The van der Waals surface area contributed by atoms with Crippen molar-refractivity contribution in [3.05, 3.63) is 64.6 Å². The smallest absolute Gasteiger partial charge is 0.294 e. The molecule has 0 bridgehead atoms. The molecule has 1 N–H and O–H groups in total. The van der Waals surface area contributed by atoms with Crippen LogP contribution in [0.2, 0.25) is 0 Å². The van der Waals surface area contributed by atoms with Gasteiger partial charge in [-0.15, -0.1) is 0 Å². The molecule has 35 heavy (non-hydrogen) atoms. The first-order valence-corrected chi connectivity index (χ1v) is 12.3. The molecule has 0 radical (unpaired) electrons. The fourth-order valence-electron chi connectivity index (χ4n) is 3.81. The molecule has 4 rings (SSSR count). The van der Waals surface area contributed by atoms with Gasteiger partial charge < -0.3 is 15.0 Å². The van der Waals surface area contributed by atoms with E-state index in [4.69, 9.17) is 4.74 Å². The van der Waals surface area contributed by atoms with Crippen LogP contribution in [-0.2, 0) is 14.4 Å². The van der Waals surface area contributed by atoms with Crippen molar-refractivity contribution in [3.63, 3.8) is 0 Å². The van der Waals surface area contributed by atoms with E-state index >= 15 is 0 Å². The first-order valence-electron chi connectivity index (χ1n) is 11.5. The summed E-state index contributed by atoms with van der Waals surface area (Å²) in [6.45, 7) is 2.96. The van der Waals surface area contributed by atoms with Crippen LogP contribution in [0, 0.1) is 6.92 Å². The van der Waals surface area contributed by atoms with Gasteiger partial charge in [0, 0.05) is 18.8 Å². The summed E-state index contributed by atoms with van der Waals surface area (Å²) in [4.78, 5) is 52.7. The number of nitrogens with one attached hydrogen (secondary N) is 1. The van der Waals surface area contributed by atoms with Crippen molar-refractivity contribution < 1.29 is 23.9 Å². The number of aryl methyl sites for hydroxylation is 1. The lowest BCUT2D eigenvalue weighted by atomic mass is 10.1. The van der Waals surface area contributed by atoms with Crippen molar-refractivity contribution in [2.45, 2.75) is 26.2 Å². The predicted molar refractivity (Wildman–Crippen MR) is 135 cm³/mol. The second kappa shape index (κ2) is 11.2. The van der Waals surface area contributed by atoms with Gasteiger partial charge in [-0.2, -0.15) is 0 Å². The maximum atomic E-state index is 12.7. The number of carbonyl (C=O) groups is 4. The molecule has 2 aromatic rings. The van der Waals surface area contributed by atoms with Crippen molar-refractivity contribution in [1.82, 2.24) is 9.80 Å². The van der Waals surface area contributed by atoms with Crippen LogP contribution in [0.25, 0.3) is 6.08 Å². The lowest BCUT2D eigenvalue weighted by Gasteiger charge is -2.27. The second-order valence-electron chi connectivity index (χ2n) is 8.48. The fraction of sp³-hybridized carbons (Fsp3) is 0.308. The molecule has 2 heterocycles. The minimum atomic E-state index is -0.460. The highest BCUT2D eigenvalue weighted by molar-refractivity contribution is 8.18. The van der Waals surface area contributed by atoms with E-state index in [1.807, 2.05) is 31.2 Å². The second-order valence-corrected chi connectivity index (χ2v) is 9.47. The minimum absolute atomic E-state index is 0.142. The largest absolute Gasteiger partial charge is 0.484 e. The van der Waals surface area contributed by atoms with Crippen LogP contribution in [0.5, 0.6) is 5.75 Å². The van der Waals surface area contributed by atoms with Gasteiger partial charge in [-0.25, -0.2) is 0 Å². The van der Waals surface area contributed by atoms with Crippen LogP contribution < -0.4 is 10.1 Å². The van der Waals surface area contributed by atoms with Crippen molar-refractivity contribution in [3.8, 4) is 5.75 Å².